The summed E-state index contributed by atoms with van der Waals surface area (Å²) in [6.45, 7) is 1.45. The zero-order valence-corrected chi connectivity index (χ0v) is 13.0. The number of carbonyl (C=O) groups is 2. The average molecular weight is 350 g/mol. The molecule has 2 N–H and O–H groups in total. The first-order chi connectivity index (χ1) is 11.7. The monoisotopic (exact) mass is 350 g/mol. The zero-order valence-electron chi connectivity index (χ0n) is 13.0. The second-order valence-electron chi connectivity index (χ2n) is 5.11. The highest BCUT2D eigenvalue weighted by molar-refractivity contribution is 6.08. The molecular weight excluding hydrogens is 337 g/mol. The van der Waals surface area contributed by atoms with E-state index in [1.807, 2.05) is 0 Å². The van der Waals surface area contributed by atoms with Crippen LogP contribution in [-0.2, 0) is 11.0 Å². The molecule has 2 rings (SSSR count). The Balaban J connectivity index is 2.17. The molecule has 0 fully saturated rings. The number of nitrogens with zero attached hydrogens (tertiary/aromatic N) is 1. The third-order valence-corrected chi connectivity index (χ3v) is 3.25. The first-order valence-electron chi connectivity index (χ1n) is 7.03. The average Bonchev–Trinajstić information content (AvgIpc) is 2.54. The lowest BCUT2D eigenvalue weighted by Gasteiger charge is -2.08. The van der Waals surface area contributed by atoms with Crippen LogP contribution in [0.1, 0.15) is 28.4 Å². The Labute approximate surface area is 140 Å². The van der Waals surface area contributed by atoms with Crippen LogP contribution in [0.2, 0.25) is 0 Å². The summed E-state index contributed by atoms with van der Waals surface area (Å²) in [5.74, 6) is -1.96. The lowest BCUT2D eigenvalue weighted by Crippen LogP contribution is -2.16. The van der Waals surface area contributed by atoms with Crippen molar-refractivity contribution in [1.29, 1.82) is 0 Å². The van der Waals surface area contributed by atoms with E-state index in [9.17, 15) is 22.8 Å². The van der Waals surface area contributed by atoms with Gasteiger partial charge in [0.2, 0.25) is 0 Å². The van der Waals surface area contributed by atoms with Crippen molar-refractivity contribution in [2.75, 3.05) is 5.32 Å². The Hall–Kier alpha value is -3.16. The number of carboxylic acids is 1. The third kappa shape index (κ3) is 4.66. The number of rotatable bonds is 4. The molecule has 0 aliphatic carbocycles. The van der Waals surface area contributed by atoms with Crippen LogP contribution in [0.3, 0.4) is 0 Å². The van der Waals surface area contributed by atoms with Gasteiger partial charge in [0.05, 0.1) is 5.56 Å². The molecule has 0 unspecified atom stereocenters. The quantitative estimate of drug-likeness (QED) is 0.821. The van der Waals surface area contributed by atoms with E-state index >= 15 is 0 Å². The summed E-state index contributed by atoms with van der Waals surface area (Å²) < 4.78 is 37.6. The van der Waals surface area contributed by atoms with E-state index in [4.69, 9.17) is 5.11 Å². The number of hydrogen-bond acceptors (Lipinski definition) is 3. The van der Waals surface area contributed by atoms with Gasteiger partial charge in [0.25, 0.3) is 5.91 Å². The summed E-state index contributed by atoms with van der Waals surface area (Å²) in [6, 6.07) is 7.02. The van der Waals surface area contributed by atoms with Gasteiger partial charge in [0.15, 0.2) is 0 Å². The molecule has 25 heavy (non-hydrogen) atoms. The zero-order chi connectivity index (χ0) is 18.6. The number of nitrogens with one attached hydrogen (secondary N) is 1. The Morgan fingerprint density at radius 2 is 1.80 bits per heavy atom. The van der Waals surface area contributed by atoms with Crippen LogP contribution in [-0.4, -0.2) is 22.0 Å². The molecule has 0 atom stereocenters. The van der Waals surface area contributed by atoms with E-state index in [-0.39, 0.29) is 17.0 Å². The molecule has 1 aromatic carbocycles. The number of hydrogen-bond donors (Lipinski definition) is 2. The summed E-state index contributed by atoms with van der Waals surface area (Å²) in [5.41, 5.74) is -0.369. The maximum atomic E-state index is 12.5. The first-order valence-corrected chi connectivity index (χ1v) is 7.03. The standard InChI is InChI=1S/C17H13F3N2O3/c1-10(9-11-4-6-12(7-5-11)17(18,19)20)15(23)22-14-13(16(24)25)3-2-8-21-14/h2-9H,1H3,(H,24,25)(H,21,22,23)/b10-9+. The van der Waals surface area contributed by atoms with Gasteiger partial charge < -0.3 is 10.4 Å². The van der Waals surface area contributed by atoms with E-state index in [0.717, 1.165) is 12.1 Å². The smallest absolute Gasteiger partial charge is 0.416 e. The Morgan fingerprint density at radius 1 is 1.16 bits per heavy atom. The maximum absolute atomic E-state index is 12.5. The van der Waals surface area contributed by atoms with Crippen LogP contribution in [0.15, 0.2) is 48.2 Å². The third-order valence-electron chi connectivity index (χ3n) is 3.25. The van der Waals surface area contributed by atoms with E-state index in [0.29, 0.717) is 5.56 Å². The van der Waals surface area contributed by atoms with Crippen molar-refractivity contribution in [3.05, 3.63) is 64.9 Å². The molecule has 0 aliphatic rings. The van der Waals surface area contributed by atoms with Gasteiger partial charge in [-0.2, -0.15) is 13.2 Å². The molecule has 130 valence electrons. The van der Waals surface area contributed by atoms with Gasteiger partial charge in [-0.05, 0) is 42.8 Å². The van der Waals surface area contributed by atoms with Gasteiger partial charge in [0.1, 0.15) is 11.4 Å². The van der Waals surface area contributed by atoms with Gasteiger partial charge in [-0.1, -0.05) is 12.1 Å². The fourth-order valence-electron chi connectivity index (χ4n) is 1.97. The van der Waals surface area contributed by atoms with Crippen molar-refractivity contribution in [2.24, 2.45) is 0 Å². The van der Waals surface area contributed by atoms with Gasteiger partial charge >= 0.3 is 12.1 Å². The predicted molar refractivity (Wildman–Crippen MR) is 84.9 cm³/mol. The fraction of sp³-hybridized carbons (Fsp3) is 0.118. The van der Waals surface area contributed by atoms with Crippen molar-refractivity contribution in [3.8, 4) is 0 Å². The summed E-state index contributed by atoms with van der Waals surface area (Å²) in [6.07, 6.45) is -1.71. The minimum absolute atomic E-state index is 0.111. The molecule has 1 heterocycles. The number of carbonyl (C=O) groups excluding carboxylic acids is 1. The molecule has 0 bridgehead atoms. The summed E-state index contributed by atoms with van der Waals surface area (Å²) in [7, 11) is 0. The van der Waals surface area contributed by atoms with Crippen LogP contribution in [0.5, 0.6) is 0 Å². The minimum Gasteiger partial charge on any atom is -0.478 e. The normalized spacial score (nSPS) is 11.9. The van der Waals surface area contributed by atoms with E-state index < -0.39 is 23.6 Å². The SMILES string of the molecule is C/C(=C\c1ccc(C(F)(F)F)cc1)C(=O)Nc1ncccc1C(=O)O. The van der Waals surface area contributed by atoms with Gasteiger partial charge in [0, 0.05) is 11.8 Å². The fourth-order valence-corrected chi connectivity index (χ4v) is 1.97. The van der Waals surface area contributed by atoms with E-state index in [2.05, 4.69) is 10.3 Å². The Bertz CT molecular complexity index is 828. The number of aromatic carboxylic acids is 1. The lowest BCUT2D eigenvalue weighted by molar-refractivity contribution is -0.137. The van der Waals surface area contributed by atoms with E-state index in [1.165, 1.54) is 43.5 Å². The molecule has 0 spiro atoms. The first kappa shape index (κ1) is 18.2. The summed E-state index contributed by atoms with van der Waals surface area (Å²) in [5, 5.41) is 11.4. The van der Waals surface area contributed by atoms with Gasteiger partial charge in [-0.15, -0.1) is 0 Å². The van der Waals surface area contributed by atoms with Gasteiger partial charge in [-0.25, -0.2) is 9.78 Å². The van der Waals surface area contributed by atoms with Crippen LogP contribution >= 0.6 is 0 Å². The topological polar surface area (TPSA) is 79.3 Å². The number of aromatic nitrogens is 1. The highest BCUT2D eigenvalue weighted by Gasteiger charge is 2.29. The number of anilines is 1. The van der Waals surface area contributed by atoms with Crippen molar-refractivity contribution >= 4 is 23.8 Å². The number of carboxylic acid groups (broad SMARTS) is 1. The molecule has 8 heteroatoms. The molecule has 0 saturated heterocycles. The van der Waals surface area contributed by atoms with Crippen LogP contribution in [0.25, 0.3) is 6.08 Å². The van der Waals surface area contributed by atoms with Gasteiger partial charge in [-0.3, -0.25) is 4.79 Å². The second kappa shape index (κ2) is 7.16. The number of benzene rings is 1. The van der Waals surface area contributed by atoms with Crippen LogP contribution in [0.4, 0.5) is 19.0 Å². The molecule has 0 radical (unpaired) electrons. The summed E-state index contributed by atoms with van der Waals surface area (Å²) in [4.78, 5) is 27.0. The highest BCUT2D eigenvalue weighted by Crippen LogP contribution is 2.29. The predicted octanol–water partition coefficient (Wildman–Crippen LogP) is 3.84. The summed E-state index contributed by atoms with van der Waals surface area (Å²) >= 11 is 0. The minimum atomic E-state index is -4.43. The van der Waals surface area contributed by atoms with E-state index in [1.54, 1.807) is 0 Å². The Kier molecular flexibility index (Phi) is 5.21. The lowest BCUT2D eigenvalue weighted by atomic mass is 10.1. The molecule has 2 aromatic rings. The van der Waals surface area contributed by atoms with Crippen molar-refractivity contribution in [2.45, 2.75) is 13.1 Å². The van der Waals surface area contributed by atoms with Crippen molar-refractivity contribution in [1.82, 2.24) is 4.98 Å². The molecule has 0 aliphatic heterocycles. The molecule has 0 saturated carbocycles. The van der Waals surface area contributed by atoms with Crippen molar-refractivity contribution < 1.29 is 27.9 Å². The van der Waals surface area contributed by atoms with Crippen molar-refractivity contribution in [3.63, 3.8) is 0 Å². The highest BCUT2D eigenvalue weighted by atomic mass is 19.4. The van der Waals surface area contributed by atoms with Crippen LogP contribution < -0.4 is 5.32 Å². The number of halogens is 3. The molecular formula is C17H13F3N2O3. The number of pyridine rings is 1. The second-order valence-corrected chi connectivity index (χ2v) is 5.11. The van der Waals surface area contributed by atoms with Crippen LogP contribution in [0, 0.1) is 0 Å². The molecule has 1 aromatic heterocycles. The maximum Gasteiger partial charge on any atom is 0.416 e. The number of alkyl halides is 3. The molecule has 1 amide bonds. The molecule has 5 nitrogen and oxygen atoms in total. The largest absolute Gasteiger partial charge is 0.478 e. The Morgan fingerprint density at radius 3 is 2.36 bits per heavy atom. The number of amides is 1.